The van der Waals surface area contributed by atoms with Gasteiger partial charge in [-0.25, -0.2) is 4.68 Å². The minimum Gasteiger partial charge on any atom is -0.356 e. The number of nitrogens with one attached hydrogen (secondary N) is 2. The first kappa shape index (κ1) is 20.4. The number of para-hydroxylation sites is 1. The average Bonchev–Trinajstić information content (AvgIpc) is 3.14. The summed E-state index contributed by atoms with van der Waals surface area (Å²) < 4.78 is 1.85. The Hall–Kier alpha value is -1.89. The Kier molecular flexibility index (Phi) is 8.61. The fourth-order valence-corrected chi connectivity index (χ4v) is 3.02. The van der Waals surface area contributed by atoms with Crippen LogP contribution in [0.2, 0.25) is 0 Å². The smallest absolute Gasteiger partial charge is 0.220 e. The van der Waals surface area contributed by atoms with Crippen LogP contribution in [0.3, 0.4) is 0 Å². The zero-order valence-corrected chi connectivity index (χ0v) is 15.9. The Morgan fingerprint density at radius 1 is 1.19 bits per heavy atom. The lowest BCUT2D eigenvalue weighted by molar-refractivity contribution is -0.121. The van der Waals surface area contributed by atoms with Crippen LogP contribution in [0.25, 0.3) is 5.69 Å². The molecule has 0 spiro atoms. The van der Waals surface area contributed by atoms with Crippen molar-refractivity contribution in [2.75, 3.05) is 39.3 Å². The maximum Gasteiger partial charge on any atom is 0.220 e. The van der Waals surface area contributed by atoms with E-state index in [-0.39, 0.29) is 18.3 Å². The first-order valence-electron chi connectivity index (χ1n) is 9.10. The Bertz CT molecular complexity index is 655. The van der Waals surface area contributed by atoms with Gasteiger partial charge < -0.3 is 15.5 Å². The molecular weight excluding hydrogens is 350 g/mol. The maximum atomic E-state index is 12.0. The van der Waals surface area contributed by atoms with E-state index in [1.807, 2.05) is 47.4 Å². The number of piperazine rings is 1. The van der Waals surface area contributed by atoms with E-state index in [9.17, 15) is 4.79 Å². The quantitative estimate of drug-likeness (QED) is 0.686. The number of aromatic nitrogens is 2. The Morgan fingerprint density at radius 3 is 2.73 bits per heavy atom. The summed E-state index contributed by atoms with van der Waals surface area (Å²) in [5.74, 6) is 0.118. The highest BCUT2D eigenvalue weighted by Crippen LogP contribution is 2.09. The largest absolute Gasteiger partial charge is 0.356 e. The molecule has 26 heavy (non-hydrogen) atoms. The molecule has 0 radical (unpaired) electrons. The number of benzene rings is 1. The van der Waals surface area contributed by atoms with Crippen LogP contribution in [-0.2, 0) is 11.2 Å². The lowest BCUT2D eigenvalue weighted by Gasteiger charge is -2.27. The third-order valence-corrected chi connectivity index (χ3v) is 4.48. The van der Waals surface area contributed by atoms with E-state index in [4.69, 9.17) is 0 Å². The number of halogens is 1. The van der Waals surface area contributed by atoms with Crippen LogP contribution >= 0.6 is 12.4 Å². The molecule has 0 unspecified atom stereocenters. The Labute approximate surface area is 161 Å². The van der Waals surface area contributed by atoms with Crippen molar-refractivity contribution in [3.63, 3.8) is 0 Å². The van der Waals surface area contributed by atoms with Gasteiger partial charge in [0.15, 0.2) is 0 Å². The van der Waals surface area contributed by atoms with Crippen molar-refractivity contribution in [1.29, 1.82) is 0 Å². The van der Waals surface area contributed by atoms with E-state index in [1.54, 1.807) is 0 Å². The van der Waals surface area contributed by atoms with Gasteiger partial charge in [-0.15, -0.1) is 12.4 Å². The first-order valence-corrected chi connectivity index (χ1v) is 9.10. The molecule has 1 aliphatic heterocycles. The fraction of sp³-hybridized carbons (Fsp3) is 0.474. The highest BCUT2D eigenvalue weighted by molar-refractivity contribution is 5.85. The monoisotopic (exact) mass is 377 g/mol. The minimum atomic E-state index is 0. The number of hydrogen-bond acceptors (Lipinski definition) is 4. The molecule has 2 N–H and O–H groups in total. The standard InChI is InChI=1S/C19H27N5O.ClH/c25-19(21-9-4-12-23-13-10-20-11-14-23)8-7-17-15-22-24(16-17)18-5-2-1-3-6-18;/h1-3,5-6,15-16,20H,4,7-14H2,(H,21,25);1H. The number of rotatable bonds is 8. The zero-order valence-electron chi connectivity index (χ0n) is 15.1. The Balaban J connectivity index is 0.00000243. The predicted molar refractivity (Wildman–Crippen MR) is 106 cm³/mol. The van der Waals surface area contributed by atoms with Gasteiger partial charge in [0.25, 0.3) is 0 Å². The lowest BCUT2D eigenvalue weighted by atomic mass is 10.2. The van der Waals surface area contributed by atoms with E-state index in [1.165, 1.54) is 0 Å². The summed E-state index contributed by atoms with van der Waals surface area (Å²) in [4.78, 5) is 14.4. The summed E-state index contributed by atoms with van der Waals surface area (Å²) in [6.07, 6.45) is 6.07. The van der Waals surface area contributed by atoms with Gasteiger partial charge >= 0.3 is 0 Å². The second-order valence-electron chi connectivity index (χ2n) is 6.42. The molecule has 1 fully saturated rings. The highest BCUT2D eigenvalue weighted by atomic mass is 35.5. The third kappa shape index (κ3) is 6.44. The van der Waals surface area contributed by atoms with Gasteiger partial charge in [-0.1, -0.05) is 18.2 Å². The molecular formula is C19H28ClN5O. The molecule has 142 valence electrons. The van der Waals surface area contributed by atoms with Crippen LogP contribution in [0, 0.1) is 0 Å². The number of carbonyl (C=O) groups excluding carboxylic acids is 1. The van der Waals surface area contributed by atoms with Gasteiger partial charge in [0, 0.05) is 45.3 Å². The number of carbonyl (C=O) groups is 1. The van der Waals surface area contributed by atoms with Crippen molar-refractivity contribution >= 4 is 18.3 Å². The SMILES string of the molecule is Cl.O=C(CCc1cnn(-c2ccccc2)c1)NCCCN1CCNCC1. The van der Waals surface area contributed by atoms with E-state index in [0.717, 1.165) is 63.4 Å². The van der Waals surface area contributed by atoms with Gasteiger partial charge in [-0.05, 0) is 37.1 Å². The van der Waals surface area contributed by atoms with Crippen LogP contribution in [0.1, 0.15) is 18.4 Å². The van der Waals surface area contributed by atoms with E-state index in [0.29, 0.717) is 6.42 Å². The van der Waals surface area contributed by atoms with Gasteiger partial charge in [-0.3, -0.25) is 4.79 Å². The number of nitrogens with zero attached hydrogens (tertiary/aromatic N) is 3. The van der Waals surface area contributed by atoms with Gasteiger partial charge in [0.2, 0.25) is 5.91 Å². The number of aryl methyl sites for hydroxylation is 1. The van der Waals surface area contributed by atoms with Crippen LogP contribution in [0.5, 0.6) is 0 Å². The summed E-state index contributed by atoms with van der Waals surface area (Å²) >= 11 is 0. The molecule has 1 amide bonds. The molecule has 1 aliphatic rings. The minimum absolute atomic E-state index is 0. The molecule has 2 aromatic rings. The van der Waals surface area contributed by atoms with Crippen molar-refractivity contribution in [3.8, 4) is 5.69 Å². The topological polar surface area (TPSA) is 62.2 Å². The van der Waals surface area contributed by atoms with E-state index in [2.05, 4.69) is 20.6 Å². The molecule has 1 aromatic heterocycles. The van der Waals surface area contributed by atoms with Crippen LogP contribution in [0.15, 0.2) is 42.7 Å². The van der Waals surface area contributed by atoms with E-state index >= 15 is 0 Å². The average molecular weight is 378 g/mol. The summed E-state index contributed by atoms with van der Waals surface area (Å²) in [6, 6.07) is 10.00. The van der Waals surface area contributed by atoms with Crippen molar-refractivity contribution < 1.29 is 4.79 Å². The van der Waals surface area contributed by atoms with Gasteiger partial charge in [0.1, 0.15) is 0 Å². The molecule has 6 nitrogen and oxygen atoms in total. The molecule has 7 heteroatoms. The van der Waals surface area contributed by atoms with Crippen LogP contribution < -0.4 is 10.6 Å². The molecule has 0 aliphatic carbocycles. The fourth-order valence-electron chi connectivity index (χ4n) is 3.02. The summed E-state index contributed by atoms with van der Waals surface area (Å²) in [5, 5.41) is 10.7. The van der Waals surface area contributed by atoms with Gasteiger partial charge in [-0.2, -0.15) is 5.10 Å². The third-order valence-electron chi connectivity index (χ3n) is 4.48. The second-order valence-corrected chi connectivity index (χ2v) is 6.42. The summed E-state index contributed by atoms with van der Waals surface area (Å²) in [5.41, 5.74) is 2.12. The molecule has 3 rings (SSSR count). The summed E-state index contributed by atoms with van der Waals surface area (Å²) in [6.45, 7) is 6.18. The first-order chi connectivity index (χ1) is 12.3. The summed E-state index contributed by atoms with van der Waals surface area (Å²) in [7, 11) is 0. The van der Waals surface area contributed by atoms with Crippen molar-refractivity contribution in [2.24, 2.45) is 0 Å². The number of amides is 1. The molecule has 2 heterocycles. The maximum absolute atomic E-state index is 12.0. The lowest BCUT2D eigenvalue weighted by Crippen LogP contribution is -2.44. The highest BCUT2D eigenvalue weighted by Gasteiger charge is 2.09. The molecule has 1 saturated heterocycles. The van der Waals surface area contributed by atoms with Crippen LogP contribution in [-0.4, -0.2) is 59.9 Å². The van der Waals surface area contributed by atoms with Crippen molar-refractivity contribution in [2.45, 2.75) is 19.3 Å². The molecule has 0 atom stereocenters. The number of hydrogen-bond donors (Lipinski definition) is 2. The zero-order chi connectivity index (χ0) is 17.3. The van der Waals surface area contributed by atoms with Crippen molar-refractivity contribution in [1.82, 2.24) is 25.3 Å². The predicted octanol–water partition coefficient (Wildman–Crippen LogP) is 1.64. The molecule has 0 bridgehead atoms. The van der Waals surface area contributed by atoms with Crippen molar-refractivity contribution in [3.05, 3.63) is 48.3 Å². The van der Waals surface area contributed by atoms with E-state index < -0.39 is 0 Å². The second kappa shape index (κ2) is 11.0. The molecule has 1 aromatic carbocycles. The normalized spacial score (nSPS) is 14.6. The molecule has 0 saturated carbocycles. The Morgan fingerprint density at radius 2 is 1.96 bits per heavy atom. The van der Waals surface area contributed by atoms with Crippen LogP contribution in [0.4, 0.5) is 0 Å². The van der Waals surface area contributed by atoms with Gasteiger partial charge in [0.05, 0.1) is 11.9 Å².